The summed E-state index contributed by atoms with van der Waals surface area (Å²) in [6.07, 6.45) is 0.610. The van der Waals surface area contributed by atoms with Crippen LogP contribution in [0, 0.1) is 0 Å². The number of nitrogens with one attached hydrogen (secondary N) is 2. The summed E-state index contributed by atoms with van der Waals surface area (Å²) >= 11 is 1.29. The fourth-order valence-corrected chi connectivity index (χ4v) is 7.55. The van der Waals surface area contributed by atoms with Crippen molar-refractivity contribution in [3.8, 4) is 10.4 Å². The van der Waals surface area contributed by atoms with E-state index >= 15 is 0 Å². The second-order valence-electron chi connectivity index (χ2n) is 7.48. The number of methoxy groups -OCH3 is 1. The lowest BCUT2D eigenvalue weighted by Crippen LogP contribution is -2.43. The van der Waals surface area contributed by atoms with Crippen LogP contribution in [0.5, 0.6) is 0 Å². The summed E-state index contributed by atoms with van der Waals surface area (Å²) in [5.41, 5.74) is 2.88. The van der Waals surface area contributed by atoms with Gasteiger partial charge >= 0.3 is 6.09 Å². The largest absolute Gasteiger partial charge is 0.447 e. The highest BCUT2D eigenvalue weighted by atomic mass is 32.2. The molecule has 0 saturated carbocycles. The fraction of sp³-hybridized carbons (Fsp3) is 0.429. The maximum atomic E-state index is 13.1. The Labute approximate surface area is 190 Å². The Morgan fingerprint density at radius 2 is 2.00 bits per heavy atom. The molecule has 1 saturated heterocycles. The van der Waals surface area contributed by atoms with Crippen LogP contribution >= 0.6 is 11.3 Å². The van der Waals surface area contributed by atoms with Crippen molar-refractivity contribution >= 4 is 38.9 Å². The zero-order valence-corrected chi connectivity index (χ0v) is 19.3. The average Bonchev–Trinajstić information content (AvgIpc) is 3.26. The van der Waals surface area contributed by atoms with E-state index in [4.69, 9.17) is 14.7 Å². The summed E-state index contributed by atoms with van der Waals surface area (Å²) in [5.74, 6) is -0.729. The molecule has 3 rings (SSSR count). The Bertz CT molecular complexity index is 1070. The number of anilines is 1. The first-order valence-electron chi connectivity index (χ1n) is 10.1. The SMILES string of the molecule is COCCOC(=O)Nc1cccc(-c2ccc([C@@]3(CC(=O)NO)CCCCS3(=O)=O)s2)c1. The Hall–Kier alpha value is -2.47. The summed E-state index contributed by atoms with van der Waals surface area (Å²) in [5, 5.41) is 11.7. The van der Waals surface area contributed by atoms with E-state index in [0.717, 1.165) is 10.4 Å². The molecule has 1 aromatic heterocycles. The summed E-state index contributed by atoms with van der Waals surface area (Å²) in [7, 11) is -2.08. The fourth-order valence-electron chi connectivity index (χ4n) is 3.77. The normalized spacial score (nSPS) is 19.8. The quantitative estimate of drug-likeness (QED) is 0.299. The Morgan fingerprint density at radius 1 is 1.19 bits per heavy atom. The van der Waals surface area contributed by atoms with Crippen LogP contribution in [0.4, 0.5) is 10.5 Å². The third-order valence-electron chi connectivity index (χ3n) is 5.38. The van der Waals surface area contributed by atoms with Crippen LogP contribution in [-0.2, 0) is 28.9 Å². The molecule has 11 heteroatoms. The topological polar surface area (TPSA) is 131 Å². The van der Waals surface area contributed by atoms with Gasteiger partial charge in [0.15, 0.2) is 9.84 Å². The van der Waals surface area contributed by atoms with Crippen LogP contribution in [0.1, 0.15) is 30.6 Å². The van der Waals surface area contributed by atoms with Crippen LogP contribution < -0.4 is 10.8 Å². The van der Waals surface area contributed by atoms with Crippen LogP contribution in [0.15, 0.2) is 36.4 Å². The second-order valence-corrected chi connectivity index (χ2v) is 11.0. The number of hydrogen-bond acceptors (Lipinski definition) is 8. The first-order chi connectivity index (χ1) is 15.3. The standard InChI is InChI=1S/C21H26N2O7S2/c1-29-10-11-30-20(25)22-16-6-4-5-15(13-16)17-7-8-18(31-17)21(14-19(24)23-26)9-2-3-12-32(21,27)28/h4-8,13,26H,2-3,9-12,14H2,1H3,(H,22,25)(H,23,24)/t21-/m0/s1. The summed E-state index contributed by atoms with van der Waals surface area (Å²) < 4.78 is 34.6. The number of sulfone groups is 1. The van der Waals surface area contributed by atoms with E-state index in [9.17, 15) is 18.0 Å². The van der Waals surface area contributed by atoms with Crippen molar-refractivity contribution in [1.82, 2.24) is 5.48 Å². The van der Waals surface area contributed by atoms with E-state index in [0.29, 0.717) is 36.4 Å². The van der Waals surface area contributed by atoms with Gasteiger partial charge in [-0.3, -0.25) is 15.3 Å². The number of hydrogen-bond donors (Lipinski definition) is 3. The van der Waals surface area contributed by atoms with Crippen molar-refractivity contribution < 1.29 is 32.7 Å². The first kappa shape index (κ1) is 24.2. The maximum Gasteiger partial charge on any atom is 0.411 e. The van der Waals surface area contributed by atoms with Gasteiger partial charge in [-0.1, -0.05) is 18.6 Å². The Balaban J connectivity index is 1.87. The minimum absolute atomic E-state index is 0.00350. The Morgan fingerprint density at radius 3 is 2.72 bits per heavy atom. The van der Waals surface area contributed by atoms with Gasteiger partial charge in [-0.2, -0.15) is 0 Å². The molecule has 2 heterocycles. The lowest BCUT2D eigenvalue weighted by Gasteiger charge is -2.35. The first-order valence-corrected chi connectivity index (χ1v) is 12.6. The minimum atomic E-state index is -3.59. The molecule has 1 atom stereocenters. The molecule has 1 aliphatic heterocycles. The monoisotopic (exact) mass is 482 g/mol. The molecule has 9 nitrogen and oxygen atoms in total. The maximum absolute atomic E-state index is 13.1. The average molecular weight is 483 g/mol. The summed E-state index contributed by atoms with van der Waals surface area (Å²) in [4.78, 5) is 25.2. The molecule has 2 amide bonds. The van der Waals surface area contributed by atoms with E-state index in [1.54, 1.807) is 35.8 Å². The molecule has 174 valence electrons. The van der Waals surface area contributed by atoms with Gasteiger partial charge in [-0.05, 0) is 42.7 Å². The number of carbonyl (C=O) groups is 2. The molecule has 0 unspecified atom stereocenters. The zero-order valence-electron chi connectivity index (χ0n) is 17.6. The third-order valence-corrected chi connectivity index (χ3v) is 9.43. The number of amides is 2. The number of rotatable bonds is 8. The molecule has 0 bridgehead atoms. The number of hydroxylamine groups is 1. The number of ether oxygens (including phenoxy) is 2. The number of carbonyl (C=O) groups excluding carboxylic acids is 2. The van der Waals surface area contributed by atoms with Gasteiger partial charge in [-0.25, -0.2) is 18.7 Å². The van der Waals surface area contributed by atoms with Gasteiger partial charge in [-0.15, -0.1) is 11.3 Å². The van der Waals surface area contributed by atoms with Gasteiger partial charge in [0.25, 0.3) is 0 Å². The molecular formula is C21H26N2O7S2. The predicted octanol–water partition coefficient (Wildman–Crippen LogP) is 3.30. The van der Waals surface area contributed by atoms with Crippen molar-refractivity contribution in [2.75, 3.05) is 31.4 Å². The van der Waals surface area contributed by atoms with Gasteiger partial charge in [0.05, 0.1) is 18.8 Å². The number of benzene rings is 1. The van der Waals surface area contributed by atoms with E-state index in [-0.39, 0.29) is 18.8 Å². The summed E-state index contributed by atoms with van der Waals surface area (Å²) in [6, 6.07) is 10.6. The molecule has 1 aromatic carbocycles. The Kier molecular flexibility index (Phi) is 7.88. The highest BCUT2D eigenvalue weighted by molar-refractivity contribution is 7.92. The zero-order chi connectivity index (χ0) is 23.2. The van der Waals surface area contributed by atoms with Gasteiger partial charge < -0.3 is 9.47 Å². The van der Waals surface area contributed by atoms with Crippen molar-refractivity contribution in [1.29, 1.82) is 0 Å². The van der Waals surface area contributed by atoms with E-state index in [2.05, 4.69) is 5.32 Å². The van der Waals surface area contributed by atoms with Crippen molar-refractivity contribution in [3.63, 3.8) is 0 Å². The second kappa shape index (κ2) is 10.4. The molecule has 0 spiro atoms. The van der Waals surface area contributed by atoms with Crippen LogP contribution in [0.3, 0.4) is 0 Å². The third kappa shape index (κ3) is 5.29. The van der Waals surface area contributed by atoms with Gasteiger partial charge in [0, 0.05) is 22.6 Å². The van der Waals surface area contributed by atoms with Gasteiger partial charge in [0.1, 0.15) is 11.4 Å². The number of thiophene rings is 1. The lowest BCUT2D eigenvalue weighted by atomic mass is 9.94. The van der Waals surface area contributed by atoms with Gasteiger partial charge in [0.2, 0.25) is 5.91 Å². The smallest absolute Gasteiger partial charge is 0.411 e. The molecule has 1 fully saturated rings. The van der Waals surface area contributed by atoms with Crippen LogP contribution in [0.2, 0.25) is 0 Å². The molecule has 2 aromatic rings. The summed E-state index contributed by atoms with van der Waals surface area (Å²) in [6.45, 7) is 0.429. The van der Waals surface area contributed by atoms with Crippen molar-refractivity contribution in [3.05, 3.63) is 41.3 Å². The van der Waals surface area contributed by atoms with Crippen molar-refractivity contribution in [2.45, 2.75) is 30.4 Å². The highest BCUT2D eigenvalue weighted by Gasteiger charge is 2.49. The molecule has 32 heavy (non-hydrogen) atoms. The highest BCUT2D eigenvalue weighted by Crippen LogP contribution is 2.47. The molecule has 0 radical (unpaired) electrons. The lowest BCUT2D eigenvalue weighted by molar-refractivity contribution is -0.130. The van der Waals surface area contributed by atoms with Crippen LogP contribution in [-0.4, -0.2) is 51.7 Å². The molecule has 1 aliphatic rings. The van der Waals surface area contributed by atoms with E-state index in [1.807, 2.05) is 6.07 Å². The molecule has 3 N–H and O–H groups in total. The van der Waals surface area contributed by atoms with Crippen molar-refractivity contribution in [2.24, 2.45) is 0 Å². The van der Waals surface area contributed by atoms with E-state index < -0.39 is 26.6 Å². The predicted molar refractivity (Wildman–Crippen MR) is 120 cm³/mol. The molecule has 0 aliphatic carbocycles. The van der Waals surface area contributed by atoms with E-state index in [1.165, 1.54) is 18.4 Å². The molecular weight excluding hydrogens is 456 g/mol. The van der Waals surface area contributed by atoms with Crippen LogP contribution in [0.25, 0.3) is 10.4 Å². The minimum Gasteiger partial charge on any atom is -0.447 e.